The summed E-state index contributed by atoms with van der Waals surface area (Å²) in [6.45, 7) is 8.76. The van der Waals surface area contributed by atoms with E-state index in [4.69, 9.17) is 9.47 Å². The molecule has 0 atom stereocenters. The highest BCUT2D eigenvalue weighted by Crippen LogP contribution is 2.37. The Labute approximate surface area is 229 Å². The van der Waals surface area contributed by atoms with Gasteiger partial charge in [0.25, 0.3) is 0 Å². The fourth-order valence-electron chi connectivity index (χ4n) is 3.81. The molecular weight excluding hydrogens is 520 g/mol. The van der Waals surface area contributed by atoms with Gasteiger partial charge >= 0.3 is 5.97 Å². The van der Waals surface area contributed by atoms with Crippen LogP contribution in [0, 0.1) is 6.92 Å². The Balaban J connectivity index is 1.53. The Bertz CT molecular complexity index is 1440. The fraction of sp³-hybridized carbons (Fsp3) is 0.214. The number of thiophene rings is 1. The number of rotatable bonds is 11. The molecule has 196 valence electrons. The van der Waals surface area contributed by atoms with E-state index >= 15 is 0 Å². The smallest absolute Gasteiger partial charge is 0.341 e. The number of hydrogen-bond donors (Lipinski definition) is 1. The van der Waals surface area contributed by atoms with Crippen molar-refractivity contribution in [3.63, 3.8) is 0 Å². The molecule has 0 unspecified atom stereocenters. The maximum Gasteiger partial charge on any atom is 0.341 e. The van der Waals surface area contributed by atoms with E-state index < -0.39 is 5.97 Å². The molecule has 4 aromatic rings. The summed E-state index contributed by atoms with van der Waals surface area (Å²) in [7, 11) is 1.33. The number of hydrogen-bond acceptors (Lipinski definition) is 8. The van der Waals surface area contributed by atoms with Crippen molar-refractivity contribution in [1.29, 1.82) is 0 Å². The van der Waals surface area contributed by atoms with Crippen LogP contribution in [0.2, 0.25) is 0 Å². The van der Waals surface area contributed by atoms with E-state index in [1.54, 1.807) is 6.08 Å². The number of ether oxygens (including phenoxy) is 2. The zero-order valence-electron chi connectivity index (χ0n) is 21.4. The maximum absolute atomic E-state index is 12.9. The van der Waals surface area contributed by atoms with Crippen LogP contribution in [0.15, 0.2) is 71.7 Å². The number of methoxy groups -OCH3 is 1. The van der Waals surface area contributed by atoms with Crippen molar-refractivity contribution in [2.45, 2.75) is 25.5 Å². The van der Waals surface area contributed by atoms with Crippen LogP contribution in [-0.2, 0) is 16.1 Å². The first kappa shape index (κ1) is 27.2. The number of nitrogens with zero attached hydrogens (tertiary/aromatic N) is 3. The number of esters is 1. The number of allylic oxidation sites excluding steroid dienone is 1. The van der Waals surface area contributed by atoms with Gasteiger partial charge in [0.2, 0.25) is 5.91 Å². The van der Waals surface area contributed by atoms with E-state index in [0.717, 1.165) is 16.7 Å². The van der Waals surface area contributed by atoms with Crippen LogP contribution in [-0.4, -0.2) is 46.1 Å². The molecule has 0 saturated heterocycles. The van der Waals surface area contributed by atoms with E-state index in [1.165, 1.54) is 30.2 Å². The van der Waals surface area contributed by atoms with Crippen LogP contribution < -0.4 is 10.1 Å². The number of aryl methyl sites for hydroxylation is 1. The predicted octanol–water partition coefficient (Wildman–Crippen LogP) is 6.08. The second kappa shape index (κ2) is 12.6. The van der Waals surface area contributed by atoms with Gasteiger partial charge in [0.1, 0.15) is 16.3 Å². The third-order valence-corrected chi connectivity index (χ3v) is 7.45. The van der Waals surface area contributed by atoms with Crippen LogP contribution in [0.25, 0.3) is 22.5 Å². The van der Waals surface area contributed by atoms with Gasteiger partial charge in [-0.15, -0.1) is 28.1 Å². The summed E-state index contributed by atoms with van der Waals surface area (Å²) in [6.07, 6.45) is 1.75. The molecular formula is C28H28N4O4S2. The SMILES string of the molecule is C=CCn1c(SCC(=O)Nc2scc(-c3ccc(C)cc3)c2C(=O)OC)nnc1-c1ccccc1OCC. The number of anilines is 1. The molecule has 0 spiro atoms. The predicted molar refractivity (Wildman–Crippen MR) is 152 cm³/mol. The summed E-state index contributed by atoms with van der Waals surface area (Å²) in [5.41, 5.74) is 3.85. The van der Waals surface area contributed by atoms with Crippen LogP contribution in [0.1, 0.15) is 22.8 Å². The maximum atomic E-state index is 12.9. The van der Waals surface area contributed by atoms with Crippen molar-refractivity contribution < 1.29 is 19.1 Å². The lowest BCUT2D eigenvalue weighted by Crippen LogP contribution is -2.16. The highest BCUT2D eigenvalue weighted by Gasteiger charge is 2.23. The van der Waals surface area contributed by atoms with Crippen molar-refractivity contribution in [3.8, 4) is 28.3 Å². The summed E-state index contributed by atoms with van der Waals surface area (Å²) in [4.78, 5) is 25.6. The zero-order valence-corrected chi connectivity index (χ0v) is 23.0. The third kappa shape index (κ3) is 5.98. The molecule has 0 aliphatic rings. The highest BCUT2D eigenvalue weighted by atomic mass is 32.2. The molecule has 8 nitrogen and oxygen atoms in total. The van der Waals surface area contributed by atoms with Crippen molar-refractivity contribution >= 4 is 40.0 Å². The molecule has 0 radical (unpaired) electrons. The lowest BCUT2D eigenvalue weighted by molar-refractivity contribution is -0.113. The highest BCUT2D eigenvalue weighted by molar-refractivity contribution is 7.99. The molecule has 10 heteroatoms. The summed E-state index contributed by atoms with van der Waals surface area (Å²) in [5.74, 6) is 0.626. The Kier molecular flexibility index (Phi) is 8.98. The molecule has 0 fully saturated rings. The molecule has 2 heterocycles. The van der Waals surface area contributed by atoms with Gasteiger partial charge in [0, 0.05) is 17.5 Å². The van der Waals surface area contributed by atoms with Crippen molar-refractivity contribution in [3.05, 3.63) is 77.7 Å². The van der Waals surface area contributed by atoms with Gasteiger partial charge in [-0.25, -0.2) is 4.79 Å². The number of aromatic nitrogens is 3. The lowest BCUT2D eigenvalue weighted by atomic mass is 10.0. The lowest BCUT2D eigenvalue weighted by Gasteiger charge is -2.11. The average Bonchev–Trinajstić information content (AvgIpc) is 3.52. The fourth-order valence-corrected chi connectivity index (χ4v) is 5.54. The van der Waals surface area contributed by atoms with E-state index in [0.29, 0.717) is 46.0 Å². The first-order chi connectivity index (χ1) is 18.5. The van der Waals surface area contributed by atoms with Crippen LogP contribution in [0.5, 0.6) is 5.75 Å². The minimum absolute atomic E-state index is 0.0702. The van der Waals surface area contributed by atoms with Crippen LogP contribution in [0.4, 0.5) is 5.00 Å². The molecule has 0 aliphatic carbocycles. The normalized spacial score (nSPS) is 10.7. The molecule has 4 rings (SSSR count). The average molecular weight is 549 g/mol. The summed E-state index contributed by atoms with van der Waals surface area (Å²) in [5, 5.41) is 14.4. The first-order valence-corrected chi connectivity index (χ1v) is 13.8. The van der Waals surface area contributed by atoms with Gasteiger partial charge in [0.05, 0.1) is 25.0 Å². The number of amides is 1. The largest absolute Gasteiger partial charge is 0.493 e. The molecule has 1 N–H and O–H groups in total. The molecule has 38 heavy (non-hydrogen) atoms. The van der Waals surface area contributed by atoms with E-state index in [1.807, 2.05) is 72.3 Å². The number of carbonyl (C=O) groups excluding carboxylic acids is 2. The summed E-state index contributed by atoms with van der Waals surface area (Å²) < 4.78 is 12.7. The van der Waals surface area contributed by atoms with Crippen molar-refractivity contribution in [2.24, 2.45) is 0 Å². The van der Waals surface area contributed by atoms with Crippen molar-refractivity contribution in [2.75, 3.05) is 24.8 Å². The standard InChI is InChI=1S/C28H28N4O4S2/c1-5-15-32-25(20-9-7-8-10-22(20)36-6-2)30-31-28(32)38-17-23(33)29-26-24(27(34)35-4)21(16-37-26)19-13-11-18(3)12-14-19/h5,7-14,16H,1,6,15,17H2,2-4H3,(H,29,33). The molecule has 1 amide bonds. The Morgan fingerprint density at radius 2 is 1.89 bits per heavy atom. The summed E-state index contributed by atoms with van der Waals surface area (Å²) in [6, 6.07) is 15.5. The molecule has 2 aromatic carbocycles. The minimum Gasteiger partial charge on any atom is -0.493 e. The van der Waals surface area contributed by atoms with Crippen molar-refractivity contribution in [1.82, 2.24) is 14.8 Å². The molecule has 0 saturated carbocycles. The Morgan fingerprint density at radius 1 is 1.13 bits per heavy atom. The quantitative estimate of drug-likeness (QED) is 0.138. The van der Waals surface area contributed by atoms with Gasteiger partial charge in [-0.1, -0.05) is 59.8 Å². The van der Waals surface area contributed by atoms with E-state index in [2.05, 4.69) is 22.1 Å². The van der Waals surface area contributed by atoms with Gasteiger partial charge in [-0.3, -0.25) is 9.36 Å². The van der Waals surface area contributed by atoms with Gasteiger partial charge < -0.3 is 14.8 Å². The second-order valence-electron chi connectivity index (χ2n) is 8.18. The topological polar surface area (TPSA) is 95.3 Å². The first-order valence-electron chi connectivity index (χ1n) is 11.9. The number of thioether (sulfide) groups is 1. The van der Waals surface area contributed by atoms with Gasteiger partial charge in [-0.05, 0) is 31.5 Å². The molecule has 0 bridgehead atoms. The van der Waals surface area contributed by atoms with E-state index in [9.17, 15) is 9.59 Å². The van der Waals surface area contributed by atoms with E-state index in [-0.39, 0.29) is 11.7 Å². The monoisotopic (exact) mass is 548 g/mol. The number of nitrogens with one attached hydrogen (secondary N) is 1. The third-order valence-electron chi connectivity index (χ3n) is 5.58. The van der Waals surface area contributed by atoms with Crippen LogP contribution >= 0.6 is 23.1 Å². The Morgan fingerprint density at radius 3 is 2.61 bits per heavy atom. The minimum atomic E-state index is -0.506. The molecule has 0 aliphatic heterocycles. The Hall–Kier alpha value is -3.89. The van der Waals surface area contributed by atoms with Crippen LogP contribution in [0.3, 0.4) is 0 Å². The van der Waals surface area contributed by atoms with Gasteiger partial charge in [-0.2, -0.15) is 0 Å². The summed E-state index contributed by atoms with van der Waals surface area (Å²) >= 11 is 2.54. The van der Waals surface area contributed by atoms with Gasteiger partial charge in [0.15, 0.2) is 11.0 Å². The number of carbonyl (C=O) groups is 2. The number of para-hydroxylation sites is 1. The second-order valence-corrected chi connectivity index (χ2v) is 10.0. The number of benzene rings is 2. The molecule has 2 aromatic heterocycles. The zero-order chi connectivity index (χ0) is 27.1.